The zero-order valence-electron chi connectivity index (χ0n) is 13.7. The van der Waals surface area contributed by atoms with E-state index in [1.165, 1.54) is 0 Å². The fraction of sp³-hybridized carbons (Fsp3) is 0.588. The number of hydrogen-bond acceptors (Lipinski definition) is 3. The summed E-state index contributed by atoms with van der Waals surface area (Å²) in [5.74, 6) is -0.0775. The summed E-state index contributed by atoms with van der Waals surface area (Å²) in [6.45, 7) is 10.2. The summed E-state index contributed by atoms with van der Waals surface area (Å²) in [5, 5.41) is 2.94. The Balaban J connectivity index is 2.36. The van der Waals surface area contributed by atoms with Crippen molar-refractivity contribution in [2.24, 2.45) is 5.73 Å². The van der Waals surface area contributed by atoms with E-state index < -0.39 is 6.04 Å². The minimum Gasteiger partial charge on any atom is -0.353 e. The number of carbonyl (C=O) groups excluding carboxylic acids is 1. The van der Waals surface area contributed by atoms with E-state index in [1.807, 2.05) is 30.3 Å². The van der Waals surface area contributed by atoms with Gasteiger partial charge in [-0.25, -0.2) is 0 Å². The van der Waals surface area contributed by atoms with Crippen molar-refractivity contribution in [3.63, 3.8) is 0 Å². The summed E-state index contributed by atoms with van der Waals surface area (Å²) in [6.07, 6.45) is 0.574. The van der Waals surface area contributed by atoms with Gasteiger partial charge in [-0.1, -0.05) is 30.3 Å². The number of rotatable bonds is 8. The van der Waals surface area contributed by atoms with Gasteiger partial charge >= 0.3 is 0 Å². The van der Waals surface area contributed by atoms with Gasteiger partial charge in [-0.2, -0.15) is 0 Å². The molecule has 1 rings (SSSR count). The molecule has 0 fully saturated rings. The molecule has 0 heterocycles. The summed E-state index contributed by atoms with van der Waals surface area (Å²) in [4.78, 5) is 14.4. The number of nitrogens with one attached hydrogen (secondary N) is 1. The van der Waals surface area contributed by atoms with E-state index in [0.717, 1.165) is 12.1 Å². The Kier molecular flexibility index (Phi) is 7.40. The summed E-state index contributed by atoms with van der Waals surface area (Å²) >= 11 is 0. The topological polar surface area (TPSA) is 58.4 Å². The molecule has 0 bridgehead atoms. The number of hydrogen-bond donors (Lipinski definition) is 2. The predicted octanol–water partition coefficient (Wildman–Crippen LogP) is 1.79. The Morgan fingerprint density at radius 1 is 1.14 bits per heavy atom. The molecule has 3 N–H and O–H groups in total. The second-order valence-corrected chi connectivity index (χ2v) is 6.01. The second-order valence-electron chi connectivity index (χ2n) is 6.01. The molecule has 21 heavy (non-hydrogen) atoms. The summed E-state index contributed by atoms with van der Waals surface area (Å²) in [6, 6.07) is 10.3. The lowest BCUT2D eigenvalue weighted by Gasteiger charge is -2.30. The van der Waals surface area contributed by atoms with Crippen LogP contribution in [0.5, 0.6) is 0 Å². The van der Waals surface area contributed by atoms with Crippen molar-refractivity contribution in [1.29, 1.82) is 0 Å². The standard InChI is InChI=1S/C17H29N3O/c1-13(2)20(14(3)4)11-10-19-17(21)16(18)12-15-8-6-5-7-9-15/h5-9,13-14,16H,10-12,18H2,1-4H3,(H,19,21)/t16-/m0/s1. The molecule has 0 aromatic heterocycles. The third kappa shape index (κ3) is 6.27. The molecule has 0 saturated heterocycles. The monoisotopic (exact) mass is 291 g/mol. The molecule has 0 saturated carbocycles. The smallest absolute Gasteiger partial charge is 0.237 e. The number of amides is 1. The molecule has 4 nitrogen and oxygen atoms in total. The number of benzene rings is 1. The van der Waals surface area contributed by atoms with Gasteiger partial charge in [-0.05, 0) is 39.7 Å². The molecule has 4 heteroatoms. The van der Waals surface area contributed by atoms with Crippen LogP contribution in [-0.2, 0) is 11.2 Å². The van der Waals surface area contributed by atoms with Gasteiger partial charge in [0.15, 0.2) is 0 Å². The maximum atomic E-state index is 12.0. The molecular formula is C17H29N3O. The van der Waals surface area contributed by atoms with Crippen LogP contribution in [0.15, 0.2) is 30.3 Å². The first-order valence-electron chi connectivity index (χ1n) is 7.74. The van der Waals surface area contributed by atoms with Gasteiger partial charge in [0.05, 0.1) is 6.04 Å². The Bertz CT molecular complexity index is 409. The average molecular weight is 291 g/mol. The van der Waals surface area contributed by atoms with Gasteiger partial charge < -0.3 is 11.1 Å². The summed E-state index contributed by atoms with van der Waals surface area (Å²) < 4.78 is 0. The van der Waals surface area contributed by atoms with Crippen LogP contribution in [0.4, 0.5) is 0 Å². The summed E-state index contributed by atoms with van der Waals surface area (Å²) in [7, 11) is 0. The van der Waals surface area contributed by atoms with Crippen LogP contribution in [0.25, 0.3) is 0 Å². The number of nitrogens with two attached hydrogens (primary N) is 1. The van der Waals surface area contributed by atoms with Gasteiger partial charge in [-0.3, -0.25) is 9.69 Å². The molecule has 0 aliphatic rings. The van der Waals surface area contributed by atoms with Gasteiger partial charge in [-0.15, -0.1) is 0 Å². The minimum absolute atomic E-state index is 0.0775. The molecule has 0 aliphatic carbocycles. The molecule has 1 amide bonds. The molecule has 1 atom stereocenters. The molecule has 1 aromatic rings. The van der Waals surface area contributed by atoms with E-state index in [-0.39, 0.29) is 5.91 Å². The normalized spacial score (nSPS) is 13.0. The Hall–Kier alpha value is -1.39. The summed E-state index contributed by atoms with van der Waals surface area (Å²) in [5.41, 5.74) is 7.05. The first kappa shape index (κ1) is 17.7. The maximum absolute atomic E-state index is 12.0. The van der Waals surface area contributed by atoms with Crippen molar-refractivity contribution in [2.45, 2.75) is 52.2 Å². The van der Waals surface area contributed by atoms with Crippen LogP contribution in [0.1, 0.15) is 33.3 Å². The average Bonchev–Trinajstić information content (AvgIpc) is 2.43. The lowest BCUT2D eigenvalue weighted by molar-refractivity contribution is -0.122. The zero-order chi connectivity index (χ0) is 15.8. The highest BCUT2D eigenvalue weighted by molar-refractivity contribution is 5.81. The van der Waals surface area contributed by atoms with Crippen LogP contribution in [0, 0.1) is 0 Å². The SMILES string of the molecule is CC(C)N(CCNC(=O)[C@@H](N)Cc1ccccc1)C(C)C. The maximum Gasteiger partial charge on any atom is 0.237 e. The van der Waals surface area contributed by atoms with Crippen LogP contribution in [0.2, 0.25) is 0 Å². The highest BCUT2D eigenvalue weighted by Crippen LogP contribution is 2.04. The second kappa shape index (κ2) is 8.80. The molecule has 0 spiro atoms. The zero-order valence-corrected chi connectivity index (χ0v) is 13.7. The van der Waals surface area contributed by atoms with Gasteiger partial charge in [0.1, 0.15) is 0 Å². The van der Waals surface area contributed by atoms with Crippen LogP contribution >= 0.6 is 0 Å². The fourth-order valence-corrected chi connectivity index (χ4v) is 2.51. The Labute approximate surface area is 128 Å². The van der Waals surface area contributed by atoms with Crippen LogP contribution < -0.4 is 11.1 Å². The first-order chi connectivity index (χ1) is 9.91. The van der Waals surface area contributed by atoms with E-state index in [9.17, 15) is 4.79 Å². The third-order valence-electron chi connectivity index (χ3n) is 3.63. The van der Waals surface area contributed by atoms with E-state index >= 15 is 0 Å². The van der Waals surface area contributed by atoms with Crippen molar-refractivity contribution in [3.8, 4) is 0 Å². The lowest BCUT2D eigenvalue weighted by Crippen LogP contribution is -2.47. The van der Waals surface area contributed by atoms with E-state index in [2.05, 4.69) is 37.9 Å². The lowest BCUT2D eigenvalue weighted by atomic mass is 10.1. The molecule has 118 valence electrons. The highest BCUT2D eigenvalue weighted by atomic mass is 16.2. The Morgan fingerprint density at radius 2 is 1.71 bits per heavy atom. The van der Waals surface area contributed by atoms with E-state index in [4.69, 9.17) is 5.73 Å². The first-order valence-corrected chi connectivity index (χ1v) is 7.74. The molecule has 1 aromatic carbocycles. The molecule has 0 unspecified atom stereocenters. The molecule has 0 aliphatic heterocycles. The fourth-order valence-electron chi connectivity index (χ4n) is 2.51. The van der Waals surface area contributed by atoms with Crippen molar-refractivity contribution in [1.82, 2.24) is 10.2 Å². The quantitative estimate of drug-likeness (QED) is 0.768. The molecule has 0 radical (unpaired) electrons. The van der Waals surface area contributed by atoms with Crippen molar-refractivity contribution < 1.29 is 4.79 Å². The number of nitrogens with zero attached hydrogens (tertiary/aromatic N) is 1. The van der Waals surface area contributed by atoms with Gasteiger partial charge in [0, 0.05) is 25.2 Å². The van der Waals surface area contributed by atoms with Crippen molar-refractivity contribution in [2.75, 3.05) is 13.1 Å². The van der Waals surface area contributed by atoms with E-state index in [1.54, 1.807) is 0 Å². The Morgan fingerprint density at radius 3 is 2.24 bits per heavy atom. The van der Waals surface area contributed by atoms with Gasteiger partial charge in [0.2, 0.25) is 5.91 Å². The predicted molar refractivity (Wildman–Crippen MR) is 88.1 cm³/mol. The van der Waals surface area contributed by atoms with E-state index in [0.29, 0.717) is 25.0 Å². The van der Waals surface area contributed by atoms with Crippen LogP contribution in [0.3, 0.4) is 0 Å². The van der Waals surface area contributed by atoms with Crippen molar-refractivity contribution in [3.05, 3.63) is 35.9 Å². The molecular weight excluding hydrogens is 262 g/mol. The van der Waals surface area contributed by atoms with Crippen molar-refractivity contribution >= 4 is 5.91 Å². The largest absolute Gasteiger partial charge is 0.353 e. The minimum atomic E-state index is -0.487. The highest BCUT2D eigenvalue weighted by Gasteiger charge is 2.16. The number of carbonyl (C=O) groups is 1. The van der Waals surface area contributed by atoms with Crippen LogP contribution in [-0.4, -0.2) is 42.0 Å². The van der Waals surface area contributed by atoms with Gasteiger partial charge in [0.25, 0.3) is 0 Å². The third-order valence-corrected chi connectivity index (χ3v) is 3.63.